The van der Waals surface area contributed by atoms with Crippen LogP contribution in [0.1, 0.15) is 47.1 Å². The number of aryl methyl sites for hydroxylation is 2. The van der Waals surface area contributed by atoms with Gasteiger partial charge in [-0.1, -0.05) is 29.8 Å². The molecule has 0 saturated carbocycles. The molecule has 1 aromatic heterocycles. The topological polar surface area (TPSA) is 56.2 Å². The van der Waals surface area contributed by atoms with Crippen LogP contribution < -0.4 is 10.1 Å². The Kier molecular flexibility index (Phi) is 6.37. The van der Waals surface area contributed by atoms with Crippen molar-refractivity contribution in [2.45, 2.75) is 40.0 Å². The van der Waals surface area contributed by atoms with Gasteiger partial charge < -0.3 is 10.1 Å². The number of hydrogen-bond acceptors (Lipinski definition) is 3. The van der Waals surface area contributed by atoms with Gasteiger partial charge in [0.25, 0.3) is 5.91 Å². The molecule has 2 aromatic carbocycles. The van der Waals surface area contributed by atoms with Gasteiger partial charge in [0.1, 0.15) is 12.4 Å². The predicted molar refractivity (Wildman–Crippen MR) is 111 cm³/mol. The Labute approximate surface area is 170 Å². The van der Waals surface area contributed by atoms with Crippen LogP contribution in [-0.2, 0) is 13.2 Å². The van der Waals surface area contributed by atoms with Gasteiger partial charge in [0.05, 0.1) is 11.7 Å². The number of amides is 1. The summed E-state index contributed by atoms with van der Waals surface area (Å²) in [5.41, 5.74) is 3.46. The van der Waals surface area contributed by atoms with E-state index < -0.39 is 0 Å². The smallest absolute Gasteiger partial charge is 0.251 e. The second-order valence-corrected chi connectivity index (χ2v) is 7.10. The van der Waals surface area contributed by atoms with Gasteiger partial charge in [-0.3, -0.25) is 9.48 Å². The number of ether oxygens (including phenoxy) is 1. The highest BCUT2D eigenvalue weighted by molar-refractivity contribution is 6.30. The summed E-state index contributed by atoms with van der Waals surface area (Å²) < 4.78 is 7.64. The van der Waals surface area contributed by atoms with Crippen molar-refractivity contribution in [3.63, 3.8) is 0 Å². The zero-order valence-electron chi connectivity index (χ0n) is 16.3. The molecule has 0 bridgehead atoms. The van der Waals surface area contributed by atoms with Crippen LogP contribution in [0.15, 0.2) is 54.7 Å². The first kappa shape index (κ1) is 20.0. The van der Waals surface area contributed by atoms with E-state index in [1.165, 1.54) is 0 Å². The van der Waals surface area contributed by atoms with Crippen molar-refractivity contribution in [3.8, 4) is 5.75 Å². The molecule has 0 fully saturated rings. The molecule has 1 N–H and O–H groups in total. The second kappa shape index (κ2) is 8.93. The zero-order valence-corrected chi connectivity index (χ0v) is 17.0. The number of nitrogens with one attached hydrogen (secondary N) is 1. The van der Waals surface area contributed by atoms with Crippen molar-refractivity contribution in [1.29, 1.82) is 0 Å². The van der Waals surface area contributed by atoms with E-state index in [2.05, 4.69) is 10.4 Å². The van der Waals surface area contributed by atoms with E-state index in [0.717, 1.165) is 23.4 Å². The fourth-order valence-electron chi connectivity index (χ4n) is 3.00. The molecular formula is C22H24ClN3O2. The molecule has 0 saturated heterocycles. The lowest BCUT2D eigenvalue weighted by Crippen LogP contribution is -2.27. The molecule has 3 rings (SSSR count). The van der Waals surface area contributed by atoms with Crippen molar-refractivity contribution < 1.29 is 9.53 Å². The van der Waals surface area contributed by atoms with Crippen LogP contribution in [0, 0.1) is 6.92 Å². The summed E-state index contributed by atoms with van der Waals surface area (Å²) in [6, 6.07) is 14.6. The largest absolute Gasteiger partial charge is 0.489 e. The van der Waals surface area contributed by atoms with E-state index in [1.54, 1.807) is 18.2 Å². The summed E-state index contributed by atoms with van der Waals surface area (Å²) in [6.07, 6.45) is 1.98. The Morgan fingerprint density at radius 3 is 2.75 bits per heavy atom. The highest BCUT2D eigenvalue weighted by atomic mass is 35.5. The van der Waals surface area contributed by atoms with Crippen LogP contribution in [0.25, 0.3) is 0 Å². The standard InChI is InChI=1S/C22H24ClN3O2/c1-4-26-13-21(16(3)25-26)15(2)24-22(27)18-8-5-7-17(11-18)14-28-20-10-6-9-19(23)12-20/h5-13,15H,4,14H2,1-3H3,(H,24,27). The number of rotatable bonds is 7. The fourth-order valence-corrected chi connectivity index (χ4v) is 3.18. The number of nitrogens with zero attached hydrogens (tertiary/aromatic N) is 2. The van der Waals surface area contributed by atoms with Crippen LogP contribution in [0.4, 0.5) is 0 Å². The van der Waals surface area contributed by atoms with Gasteiger partial charge >= 0.3 is 0 Å². The first-order valence-corrected chi connectivity index (χ1v) is 9.66. The van der Waals surface area contributed by atoms with E-state index in [-0.39, 0.29) is 11.9 Å². The third kappa shape index (κ3) is 4.93. The molecule has 28 heavy (non-hydrogen) atoms. The molecule has 0 aliphatic rings. The third-order valence-electron chi connectivity index (χ3n) is 4.51. The van der Waals surface area contributed by atoms with Gasteiger partial charge in [-0.15, -0.1) is 0 Å². The maximum absolute atomic E-state index is 12.7. The molecule has 3 aromatic rings. The number of halogens is 1. The monoisotopic (exact) mass is 397 g/mol. The molecule has 1 unspecified atom stereocenters. The Bertz CT molecular complexity index is 968. The minimum absolute atomic E-state index is 0.124. The molecular weight excluding hydrogens is 374 g/mol. The van der Waals surface area contributed by atoms with Gasteiger partial charge in [-0.2, -0.15) is 5.10 Å². The number of carbonyl (C=O) groups is 1. The lowest BCUT2D eigenvalue weighted by molar-refractivity contribution is 0.0939. The molecule has 0 spiro atoms. The SMILES string of the molecule is CCn1cc(C(C)NC(=O)c2cccc(COc3cccc(Cl)c3)c2)c(C)n1. The second-order valence-electron chi connectivity index (χ2n) is 6.67. The Morgan fingerprint density at radius 2 is 2.04 bits per heavy atom. The Morgan fingerprint density at radius 1 is 1.25 bits per heavy atom. The van der Waals surface area contributed by atoms with Crippen LogP contribution in [0.3, 0.4) is 0 Å². The maximum Gasteiger partial charge on any atom is 0.251 e. The minimum Gasteiger partial charge on any atom is -0.489 e. The van der Waals surface area contributed by atoms with Gasteiger partial charge in [-0.25, -0.2) is 0 Å². The summed E-state index contributed by atoms with van der Waals surface area (Å²) in [4.78, 5) is 12.7. The summed E-state index contributed by atoms with van der Waals surface area (Å²) in [5, 5.41) is 8.12. The van der Waals surface area contributed by atoms with Crippen molar-refractivity contribution >= 4 is 17.5 Å². The molecule has 1 heterocycles. The van der Waals surface area contributed by atoms with Gasteiger partial charge in [0.15, 0.2) is 0 Å². The number of carbonyl (C=O) groups excluding carboxylic acids is 1. The maximum atomic E-state index is 12.7. The van der Waals surface area contributed by atoms with E-state index in [0.29, 0.717) is 22.9 Å². The van der Waals surface area contributed by atoms with Crippen LogP contribution in [-0.4, -0.2) is 15.7 Å². The Balaban J connectivity index is 1.65. The van der Waals surface area contributed by atoms with E-state index in [9.17, 15) is 4.79 Å². The van der Waals surface area contributed by atoms with E-state index in [4.69, 9.17) is 16.3 Å². The summed E-state index contributed by atoms with van der Waals surface area (Å²) in [5.74, 6) is 0.570. The molecule has 6 heteroatoms. The lowest BCUT2D eigenvalue weighted by Gasteiger charge is -2.14. The first-order chi connectivity index (χ1) is 13.5. The van der Waals surface area contributed by atoms with E-state index in [1.807, 2.05) is 62.0 Å². The number of hydrogen-bond donors (Lipinski definition) is 1. The zero-order chi connectivity index (χ0) is 20.1. The van der Waals surface area contributed by atoms with Gasteiger partial charge in [-0.05, 0) is 56.7 Å². The average Bonchev–Trinajstić information content (AvgIpc) is 3.07. The molecule has 0 radical (unpaired) electrons. The molecule has 5 nitrogen and oxygen atoms in total. The summed E-state index contributed by atoms with van der Waals surface area (Å²) in [7, 11) is 0. The average molecular weight is 398 g/mol. The van der Waals surface area contributed by atoms with Gasteiger partial charge in [0.2, 0.25) is 0 Å². The van der Waals surface area contributed by atoms with Gasteiger partial charge in [0, 0.05) is 28.9 Å². The summed E-state index contributed by atoms with van der Waals surface area (Å²) in [6.45, 7) is 7.12. The van der Waals surface area contributed by atoms with Crippen LogP contribution >= 0.6 is 11.6 Å². The first-order valence-electron chi connectivity index (χ1n) is 9.28. The van der Waals surface area contributed by atoms with Crippen molar-refractivity contribution in [2.24, 2.45) is 0 Å². The molecule has 0 aliphatic carbocycles. The third-order valence-corrected chi connectivity index (χ3v) is 4.75. The summed E-state index contributed by atoms with van der Waals surface area (Å²) >= 11 is 5.98. The molecule has 1 atom stereocenters. The fraction of sp³-hybridized carbons (Fsp3) is 0.273. The van der Waals surface area contributed by atoms with Crippen molar-refractivity contribution in [2.75, 3.05) is 0 Å². The highest BCUT2D eigenvalue weighted by Gasteiger charge is 2.16. The van der Waals surface area contributed by atoms with Crippen LogP contribution in [0.5, 0.6) is 5.75 Å². The molecule has 146 valence electrons. The molecule has 0 aliphatic heterocycles. The lowest BCUT2D eigenvalue weighted by atomic mass is 10.1. The van der Waals surface area contributed by atoms with Crippen molar-refractivity contribution in [3.05, 3.63) is 82.1 Å². The number of aromatic nitrogens is 2. The highest BCUT2D eigenvalue weighted by Crippen LogP contribution is 2.19. The Hall–Kier alpha value is -2.79. The van der Waals surface area contributed by atoms with Crippen LogP contribution in [0.2, 0.25) is 5.02 Å². The van der Waals surface area contributed by atoms with E-state index >= 15 is 0 Å². The minimum atomic E-state index is -0.126. The predicted octanol–water partition coefficient (Wildman–Crippen LogP) is 4.93. The molecule has 1 amide bonds. The quantitative estimate of drug-likeness (QED) is 0.614. The number of benzene rings is 2. The van der Waals surface area contributed by atoms with Crippen molar-refractivity contribution in [1.82, 2.24) is 15.1 Å². The normalized spacial score (nSPS) is 11.9.